The Bertz CT molecular complexity index is 869. The Balaban J connectivity index is 1.95. The van der Waals surface area contributed by atoms with E-state index in [2.05, 4.69) is 15.8 Å². The molecular formula is C18H16N4O3. The molecule has 3 N–H and O–H groups in total. The summed E-state index contributed by atoms with van der Waals surface area (Å²) in [5.41, 5.74) is 3.53. The fourth-order valence-electron chi connectivity index (χ4n) is 2.03. The average molecular weight is 336 g/mol. The SMILES string of the molecule is CC(CC(=O)Nc1ccccc1C#N)=NNC(=O)c1ccccc1O. The van der Waals surface area contributed by atoms with Crippen molar-refractivity contribution in [1.29, 1.82) is 5.26 Å². The maximum absolute atomic E-state index is 12.0. The zero-order valence-electron chi connectivity index (χ0n) is 13.5. The number of hydrogen-bond donors (Lipinski definition) is 3. The Morgan fingerprint density at radius 1 is 1.16 bits per heavy atom. The lowest BCUT2D eigenvalue weighted by molar-refractivity contribution is -0.115. The summed E-state index contributed by atoms with van der Waals surface area (Å²) < 4.78 is 0. The molecular weight excluding hydrogens is 320 g/mol. The minimum atomic E-state index is -0.576. The summed E-state index contributed by atoms with van der Waals surface area (Å²) in [6.07, 6.45) is -0.0547. The van der Waals surface area contributed by atoms with Gasteiger partial charge < -0.3 is 10.4 Å². The fraction of sp³-hybridized carbons (Fsp3) is 0.111. The van der Waals surface area contributed by atoms with E-state index < -0.39 is 5.91 Å². The van der Waals surface area contributed by atoms with Gasteiger partial charge in [-0.05, 0) is 31.2 Å². The van der Waals surface area contributed by atoms with E-state index in [9.17, 15) is 14.7 Å². The van der Waals surface area contributed by atoms with Crippen molar-refractivity contribution in [2.45, 2.75) is 13.3 Å². The molecule has 0 fully saturated rings. The second kappa shape index (κ2) is 8.26. The number of benzene rings is 2. The third-order valence-corrected chi connectivity index (χ3v) is 3.23. The number of hydrazone groups is 1. The molecule has 0 aliphatic heterocycles. The maximum Gasteiger partial charge on any atom is 0.275 e. The number of anilines is 1. The first-order valence-corrected chi connectivity index (χ1v) is 7.41. The third kappa shape index (κ3) is 4.91. The summed E-state index contributed by atoms with van der Waals surface area (Å²) in [6.45, 7) is 1.58. The number of carbonyl (C=O) groups is 2. The van der Waals surface area contributed by atoms with Gasteiger partial charge >= 0.3 is 0 Å². The molecule has 0 heterocycles. The van der Waals surface area contributed by atoms with E-state index in [0.29, 0.717) is 17.0 Å². The van der Waals surface area contributed by atoms with E-state index >= 15 is 0 Å². The Morgan fingerprint density at radius 3 is 2.56 bits per heavy atom. The quantitative estimate of drug-likeness (QED) is 0.574. The van der Waals surface area contributed by atoms with E-state index in [-0.39, 0.29) is 23.6 Å². The highest BCUT2D eigenvalue weighted by molar-refractivity contribution is 6.06. The monoisotopic (exact) mass is 336 g/mol. The van der Waals surface area contributed by atoms with Gasteiger partial charge in [-0.1, -0.05) is 24.3 Å². The molecule has 2 amide bonds. The largest absolute Gasteiger partial charge is 0.507 e. The lowest BCUT2D eigenvalue weighted by Gasteiger charge is -2.07. The molecule has 25 heavy (non-hydrogen) atoms. The van der Waals surface area contributed by atoms with Gasteiger partial charge in [-0.3, -0.25) is 9.59 Å². The standard InChI is InChI=1S/C18H16N4O3/c1-12(21-22-18(25)14-7-3-5-9-16(14)23)10-17(24)20-15-8-4-2-6-13(15)11-19/h2-9,23H,10H2,1H3,(H,20,24)(H,22,25). The Morgan fingerprint density at radius 2 is 1.84 bits per heavy atom. The van der Waals surface area contributed by atoms with Crippen LogP contribution in [0.1, 0.15) is 29.3 Å². The van der Waals surface area contributed by atoms with Crippen LogP contribution in [-0.2, 0) is 4.79 Å². The van der Waals surface area contributed by atoms with Gasteiger partial charge in [-0.15, -0.1) is 0 Å². The van der Waals surface area contributed by atoms with Crippen LogP contribution >= 0.6 is 0 Å². The van der Waals surface area contributed by atoms with Crippen molar-refractivity contribution in [1.82, 2.24) is 5.43 Å². The highest BCUT2D eigenvalue weighted by Gasteiger charge is 2.11. The van der Waals surface area contributed by atoms with Gasteiger partial charge in [-0.25, -0.2) is 5.43 Å². The van der Waals surface area contributed by atoms with Crippen LogP contribution in [0.15, 0.2) is 53.6 Å². The second-order valence-electron chi connectivity index (χ2n) is 5.19. The first kappa shape index (κ1) is 17.7. The Kier molecular flexibility index (Phi) is 5.85. The van der Waals surface area contributed by atoms with Crippen molar-refractivity contribution < 1.29 is 14.7 Å². The molecule has 0 spiro atoms. The second-order valence-corrected chi connectivity index (χ2v) is 5.19. The summed E-state index contributed by atoms with van der Waals surface area (Å²) >= 11 is 0. The highest BCUT2D eigenvalue weighted by Crippen LogP contribution is 2.15. The van der Waals surface area contributed by atoms with Crippen LogP contribution in [0.25, 0.3) is 0 Å². The van der Waals surface area contributed by atoms with Crippen LogP contribution in [0.5, 0.6) is 5.75 Å². The van der Waals surface area contributed by atoms with Crippen LogP contribution in [-0.4, -0.2) is 22.6 Å². The molecule has 0 bridgehead atoms. The Hall–Kier alpha value is -3.66. The van der Waals surface area contributed by atoms with E-state index in [1.165, 1.54) is 12.1 Å². The third-order valence-electron chi connectivity index (χ3n) is 3.23. The number of nitrogens with one attached hydrogen (secondary N) is 2. The molecule has 0 radical (unpaired) electrons. The van der Waals surface area contributed by atoms with Crippen molar-refractivity contribution in [3.8, 4) is 11.8 Å². The van der Waals surface area contributed by atoms with Gasteiger partial charge in [0.05, 0.1) is 23.2 Å². The van der Waals surface area contributed by atoms with Gasteiger partial charge in [-0.2, -0.15) is 10.4 Å². The van der Waals surface area contributed by atoms with Crippen molar-refractivity contribution >= 4 is 23.2 Å². The van der Waals surface area contributed by atoms with Gasteiger partial charge in [0, 0.05) is 5.71 Å². The molecule has 7 heteroatoms. The topological polar surface area (TPSA) is 115 Å². The van der Waals surface area contributed by atoms with Gasteiger partial charge in [0.2, 0.25) is 5.91 Å². The first-order chi connectivity index (χ1) is 12.0. The lowest BCUT2D eigenvalue weighted by Crippen LogP contribution is -2.21. The van der Waals surface area contributed by atoms with Gasteiger partial charge in [0.15, 0.2) is 0 Å². The minimum absolute atomic E-state index is 0.0547. The molecule has 0 aromatic heterocycles. The highest BCUT2D eigenvalue weighted by atomic mass is 16.3. The van der Waals surface area contributed by atoms with Crippen LogP contribution in [0.4, 0.5) is 5.69 Å². The predicted octanol–water partition coefficient (Wildman–Crippen LogP) is 2.40. The number of rotatable bonds is 5. The van der Waals surface area contributed by atoms with E-state index in [0.717, 1.165) is 0 Å². The molecule has 126 valence electrons. The van der Waals surface area contributed by atoms with Crippen molar-refractivity contribution in [2.24, 2.45) is 5.10 Å². The number of hydrogen-bond acceptors (Lipinski definition) is 5. The van der Waals surface area contributed by atoms with Gasteiger partial charge in [0.25, 0.3) is 5.91 Å². The van der Waals surface area contributed by atoms with E-state index in [1.807, 2.05) is 6.07 Å². The summed E-state index contributed by atoms with van der Waals surface area (Å²) in [4.78, 5) is 23.9. The van der Waals surface area contributed by atoms with E-state index in [1.54, 1.807) is 43.3 Å². The summed E-state index contributed by atoms with van der Waals surface area (Å²) in [7, 11) is 0. The van der Waals surface area contributed by atoms with Crippen LogP contribution in [0.2, 0.25) is 0 Å². The number of carbonyl (C=O) groups excluding carboxylic acids is 2. The smallest absolute Gasteiger partial charge is 0.275 e. The van der Waals surface area contributed by atoms with E-state index in [4.69, 9.17) is 5.26 Å². The molecule has 2 aromatic rings. The zero-order chi connectivity index (χ0) is 18.2. The zero-order valence-corrected chi connectivity index (χ0v) is 13.5. The number of phenolic OH excluding ortho intramolecular Hbond substituents is 1. The van der Waals surface area contributed by atoms with Crippen LogP contribution in [0.3, 0.4) is 0 Å². The molecule has 7 nitrogen and oxygen atoms in total. The molecule has 0 saturated heterocycles. The van der Waals surface area contributed by atoms with Crippen molar-refractivity contribution in [3.63, 3.8) is 0 Å². The number of aromatic hydroxyl groups is 1. The number of nitriles is 1. The summed E-state index contributed by atoms with van der Waals surface area (Å²) in [6, 6.07) is 14.7. The number of phenols is 1. The van der Waals surface area contributed by atoms with Crippen LogP contribution in [0, 0.1) is 11.3 Å². The molecule has 2 aromatic carbocycles. The molecule has 0 unspecified atom stereocenters. The molecule has 0 aliphatic carbocycles. The first-order valence-electron chi connectivity index (χ1n) is 7.41. The molecule has 0 aliphatic rings. The number of nitrogens with zero attached hydrogens (tertiary/aromatic N) is 2. The molecule has 0 atom stereocenters. The maximum atomic E-state index is 12.0. The van der Waals surface area contributed by atoms with Crippen molar-refractivity contribution in [2.75, 3.05) is 5.32 Å². The number of para-hydroxylation sites is 2. The average Bonchev–Trinajstić information content (AvgIpc) is 2.60. The normalized spacial score (nSPS) is 10.6. The fourth-order valence-corrected chi connectivity index (χ4v) is 2.03. The molecule has 0 saturated carbocycles. The Labute approximate surface area is 144 Å². The van der Waals surface area contributed by atoms with Gasteiger partial charge in [0.1, 0.15) is 11.8 Å². The lowest BCUT2D eigenvalue weighted by atomic mass is 10.2. The van der Waals surface area contributed by atoms with Crippen molar-refractivity contribution in [3.05, 3.63) is 59.7 Å². The minimum Gasteiger partial charge on any atom is -0.507 e. The summed E-state index contributed by atoms with van der Waals surface area (Å²) in [5, 5.41) is 25.1. The molecule has 2 rings (SSSR count). The summed E-state index contributed by atoms with van der Waals surface area (Å²) in [5.74, 6) is -1.09. The number of amides is 2. The predicted molar refractivity (Wildman–Crippen MR) is 93.1 cm³/mol. The van der Waals surface area contributed by atoms with Crippen LogP contribution < -0.4 is 10.7 Å².